The highest BCUT2D eigenvalue weighted by molar-refractivity contribution is 4.84. The molecule has 0 aromatic heterocycles. The van der Waals surface area contributed by atoms with E-state index in [1.807, 2.05) is 0 Å². The fourth-order valence-corrected chi connectivity index (χ4v) is 2.60. The number of likely N-dealkylation sites (tertiary alicyclic amines) is 1. The molecule has 1 heteroatoms. The van der Waals surface area contributed by atoms with Crippen LogP contribution in [0.1, 0.15) is 67.2 Å². The summed E-state index contributed by atoms with van der Waals surface area (Å²) in [6.07, 6.45) is 5.64. The van der Waals surface area contributed by atoms with E-state index in [0.717, 1.165) is 5.92 Å². The fourth-order valence-electron chi connectivity index (χ4n) is 2.60. The van der Waals surface area contributed by atoms with Crippen LogP contribution >= 0.6 is 0 Å². The van der Waals surface area contributed by atoms with E-state index in [1.165, 1.54) is 38.8 Å². The van der Waals surface area contributed by atoms with Gasteiger partial charge < -0.3 is 0 Å². The molecule has 96 valence electrons. The second kappa shape index (κ2) is 5.08. The second-order valence-electron chi connectivity index (χ2n) is 7.72. The normalized spacial score (nSPS) is 24.0. The topological polar surface area (TPSA) is 3.24 Å². The first-order valence-electron chi connectivity index (χ1n) is 6.93. The van der Waals surface area contributed by atoms with Crippen LogP contribution in [0, 0.1) is 11.3 Å². The summed E-state index contributed by atoms with van der Waals surface area (Å²) in [6, 6.07) is 0. The molecule has 1 saturated heterocycles. The second-order valence-corrected chi connectivity index (χ2v) is 7.72. The minimum atomic E-state index is 0.374. The first-order chi connectivity index (χ1) is 7.18. The molecule has 0 saturated carbocycles. The Bertz CT molecular complexity index is 206. The molecule has 1 unspecified atom stereocenters. The van der Waals surface area contributed by atoms with E-state index in [9.17, 15) is 0 Å². The van der Waals surface area contributed by atoms with Crippen molar-refractivity contribution in [1.29, 1.82) is 0 Å². The Morgan fingerprint density at radius 1 is 1.06 bits per heavy atom. The maximum Gasteiger partial charge on any atom is 0.0125 e. The van der Waals surface area contributed by atoms with Gasteiger partial charge in [0, 0.05) is 12.1 Å². The predicted octanol–water partition coefficient (Wildman–Crippen LogP) is 4.32. The van der Waals surface area contributed by atoms with Gasteiger partial charge in [0.25, 0.3) is 0 Å². The van der Waals surface area contributed by atoms with E-state index in [0.29, 0.717) is 11.0 Å². The summed E-state index contributed by atoms with van der Waals surface area (Å²) < 4.78 is 0. The summed E-state index contributed by atoms with van der Waals surface area (Å²) in [7, 11) is 0. The number of rotatable bonds is 3. The monoisotopic (exact) mass is 225 g/mol. The molecule has 0 radical (unpaired) electrons. The Hall–Kier alpha value is -0.0400. The van der Waals surface area contributed by atoms with E-state index in [4.69, 9.17) is 0 Å². The molecule has 1 aliphatic rings. The van der Waals surface area contributed by atoms with Crippen molar-refractivity contribution >= 4 is 0 Å². The largest absolute Gasteiger partial charge is 0.298 e. The molecule has 1 aliphatic heterocycles. The lowest BCUT2D eigenvalue weighted by Gasteiger charge is -2.31. The quantitative estimate of drug-likeness (QED) is 0.691. The molecule has 0 aromatic carbocycles. The van der Waals surface area contributed by atoms with Crippen molar-refractivity contribution in [2.75, 3.05) is 13.1 Å². The zero-order valence-corrected chi connectivity index (χ0v) is 12.3. The van der Waals surface area contributed by atoms with Crippen molar-refractivity contribution in [2.24, 2.45) is 11.3 Å². The summed E-state index contributed by atoms with van der Waals surface area (Å²) in [6.45, 7) is 16.7. The zero-order valence-electron chi connectivity index (χ0n) is 12.3. The Balaban J connectivity index is 2.22. The van der Waals surface area contributed by atoms with E-state index in [1.54, 1.807) is 0 Å². The van der Waals surface area contributed by atoms with Gasteiger partial charge in [-0.15, -0.1) is 0 Å². The van der Waals surface area contributed by atoms with Crippen molar-refractivity contribution in [3.8, 4) is 0 Å². The van der Waals surface area contributed by atoms with Crippen LogP contribution in [-0.2, 0) is 0 Å². The summed E-state index contributed by atoms with van der Waals surface area (Å²) >= 11 is 0. The average Bonchev–Trinajstić information content (AvgIpc) is 2.49. The van der Waals surface area contributed by atoms with Crippen LogP contribution in [0.2, 0.25) is 0 Å². The van der Waals surface area contributed by atoms with E-state index in [2.05, 4.69) is 46.4 Å². The van der Waals surface area contributed by atoms with Gasteiger partial charge in [0.1, 0.15) is 0 Å². The SMILES string of the molecule is CC(C)(C)CCCC1CCN(C(C)(C)C)C1. The van der Waals surface area contributed by atoms with E-state index < -0.39 is 0 Å². The van der Waals surface area contributed by atoms with Gasteiger partial charge in [-0.25, -0.2) is 0 Å². The van der Waals surface area contributed by atoms with Crippen LogP contribution in [-0.4, -0.2) is 23.5 Å². The third-order valence-corrected chi connectivity index (χ3v) is 3.77. The van der Waals surface area contributed by atoms with Crippen molar-refractivity contribution in [1.82, 2.24) is 4.90 Å². The Labute approximate surface area is 103 Å². The average molecular weight is 225 g/mol. The molecule has 0 amide bonds. The fraction of sp³-hybridized carbons (Fsp3) is 1.00. The molecule has 1 rings (SSSR count). The van der Waals surface area contributed by atoms with Gasteiger partial charge >= 0.3 is 0 Å². The van der Waals surface area contributed by atoms with E-state index in [-0.39, 0.29) is 0 Å². The maximum absolute atomic E-state index is 2.65. The lowest BCUT2D eigenvalue weighted by molar-refractivity contribution is 0.166. The summed E-state index contributed by atoms with van der Waals surface area (Å²) in [5.74, 6) is 0.960. The third-order valence-electron chi connectivity index (χ3n) is 3.77. The Morgan fingerprint density at radius 2 is 1.69 bits per heavy atom. The Morgan fingerprint density at radius 3 is 2.12 bits per heavy atom. The minimum absolute atomic E-state index is 0.374. The van der Waals surface area contributed by atoms with Gasteiger partial charge in [0.2, 0.25) is 0 Å². The van der Waals surface area contributed by atoms with Crippen molar-refractivity contribution in [3.05, 3.63) is 0 Å². The lowest BCUT2D eigenvalue weighted by atomic mass is 9.88. The van der Waals surface area contributed by atoms with E-state index >= 15 is 0 Å². The van der Waals surface area contributed by atoms with Crippen LogP contribution in [0.4, 0.5) is 0 Å². The minimum Gasteiger partial charge on any atom is -0.298 e. The van der Waals surface area contributed by atoms with Gasteiger partial charge in [-0.3, -0.25) is 4.90 Å². The maximum atomic E-state index is 2.65. The molecule has 0 aliphatic carbocycles. The highest BCUT2D eigenvalue weighted by atomic mass is 15.2. The molecular formula is C15H31N. The number of hydrogen-bond acceptors (Lipinski definition) is 1. The first kappa shape index (κ1) is 14.0. The van der Waals surface area contributed by atoms with Crippen LogP contribution in [0.3, 0.4) is 0 Å². The van der Waals surface area contributed by atoms with Gasteiger partial charge in [0.05, 0.1) is 0 Å². The standard InChI is InChI=1S/C15H31N/c1-14(2,3)10-7-8-13-9-11-16(12-13)15(4,5)6/h13H,7-12H2,1-6H3. The molecule has 16 heavy (non-hydrogen) atoms. The van der Waals surface area contributed by atoms with Crippen molar-refractivity contribution < 1.29 is 0 Å². The molecule has 1 heterocycles. The van der Waals surface area contributed by atoms with Crippen LogP contribution in [0.5, 0.6) is 0 Å². The lowest BCUT2D eigenvalue weighted by Crippen LogP contribution is -2.39. The van der Waals surface area contributed by atoms with Gasteiger partial charge in [-0.2, -0.15) is 0 Å². The Kier molecular flexibility index (Phi) is 4.45. The molecule has 0 N–H and O–H groups in total. The number of hydrogen-bond donors (Lipinski definition) is 0. The third kappa shape index (κ3) is 4.86. The summed E-state index contributed by atoms with van der Waals surface area (Å²) in [5.41, 5.74) is 0.890. The van der Waals surface area contributed by atoms with Crippen molar-refractivity contribution in [3.63, 3.8) is 0 Å². The summed E-state index contributed by atoms with van der Waals surface area (Å²) in [5, 5.41) is 0. The molecule has 1 atom stereocenters. The number of nitrogens with zero attached hydrogens (tertiary/aromatic N) is 1. The van der Waals surface area contributed by atoms with Gasteiger partial charge in [-0.1, -0.05) is 27.2 Å². The first-order valence-corrected chi connectivity index (χ1v) is 6.93. The van der Waals surface area contributed by atoms with Crippen LogP contribution in [0.15, 0.2) is 0 Å². The van der Waals surface area contributed by atoms with Crippen LogP contribution < -0.4 is 0 Å². The smallest absolute Gasteiger partial charge is 0.0125 e. The molecular weight excluding hydrogens is 194 g/mol. The van der Waals surface area contributed by atoms with Crippen molar-refractivity contribution in [2.45, 2.75) is 72.8 Å². The molecule has 0 aromatic rings. The zero-order chi connectivity index (χ0) is 12.4. The molecule has 1 fully saturated rings. The molecule has 0 bridgehead atoms. The van der Waals surface area contributed by atoms with Crippen LogP contribution in [0.25, 0.3) is 0 Å². The predicted molar refractivity (Wildman–Crippen MR) is 72.7 cm³/mol. The highest BCUT2D eigenvalue weighted by Gasteiger charge is 2.29. The summed E-state index contributed by atoms with van der Waals surface area (Å²) in [4.78, 5) is 2.65. The van der Waals surface area contributed by atoms with Gasteiger partial charge in [-0.05, 0) is 57.9 Å². The van der Waals surface area contributed by atoms with Gasteiger partial charge in [0.15, 0.2) is 0 Å². The molecule has 0 spiro atoms. The highest BCUT2D eigenvalue weighted by Crippen LogP contribution is 2.29. The molecule has 1 nitrogen and oxygen atoms in total.